The maximum atomic E-state index is 14.6. The first-order valence-electron chi connectivity index (χ1n) is 17.5. The molecule has 52 heavy (non-hydrogen) atoms. The molecule has 0 N–H and O–H groups in total. The van der Waals surface area contributed by atoms with Gasteiger partial charge in [0.05, 0.1) is 11.1 Å². The fraction of sp³-hybridized carbons (Fsp3) is 0.333. The number of likely N-dealkylation sites (tertiary alicyclic amines) is 1. The summed E-state index contributed by atoms with van der Waals surface area (Å²) in [6.45, 7) is 8.40. The monoisotopic (exact) mass is 715 g/mol. The van der Waals surface area contributed by atoms with Crippen molar-refractivity contribution >= 4 is 16.8 Å². The SMILES string of the molecule is CC(C)(C)N1CCC(N(Cc2ccc(-c3ccc(C(F)(F)F)cc3)cc2)C(=O)Cn2c(CCc3cccc(F)c3F)cc(=O)c3ccccc32)CC1. The standard InChI is InChI=1S/C42H42F5N3O2/c1-41(2,3)48-23-21-33(22-24-48)50(26-28-11-13-29(14-12-28)30-15-18-32(19-16-30)42(45,46)47)39(52)27-49-34(20-17-31-7-6-9-36(43)40(31)44)25-38(51)35-8-4-5-10-37(35)49/h4-16,18-19,25,33H,17,20-24,26-27H2,1-3H3. The Balaban J connectivity index is 1.30. The van der Waals surface area contributed by atoms with Gasteiger partial charge in [0.25, 0.3) is 0 Å². The van der Waals surface area contributed by atoms with Gasteiger partial charge in [0.15, 0.2) is 17.1 Å². The topological polar surface area (TPSA) is 45.5 Å². The summed E-state index contributed by atoms with van der Waals surface area (Å²) in [5.74, 6) is -2.01. The molecule has 0 atom stereocenters. The van der Waals surface area contributed by atoms with Gasteiger partial charge in [-0.25, -0.2) is 8.78 Å². The number of carbonyl (C=O) groups is 1. The molecule has 1 aliphatic heterocycles. The quantitative estimate of drug-likeness (QED) is 0.143. The van der Waals surface area contributed by atoms with E-state index < -0.39 is 23.4 Å². The molecule has 5 nitrogen and oxygen atoms in total. The lowest BCUT2D eigenvalue weighted by atomic mass is 9.96. The number of carbonyl (C=O) groups excluding carboxylic acids is 1. The van der Waals surface area contributed by atoms with Gasteiger partial charge in [0.2, 0.25) is 5.91 Å². The van der Waals surface area contributed by atoms with Crippen molar-refractivity contribution in [3.63, 3.8) is 0 Å². The van der Waals surface area contributed by atoms with Crippen molar-refractivity contribution in [1.29, 1.82) is 0 Å². The number of hydrogen-bond acceptors (Lipinski definition) is 3. The molecule has 0 bridgehead atoms. The molecule has 5 aromatic rings. The van der Waals surface area contributed by atoms with Crippen LogP contribution in [-0.4, -0.2) is 44.9 Å². The van der Waals surface area contributed by atoms with E-state index in [0.717, 1.165) is 55.3 Å². The highest BCUT2D eigenvalue weighted by molar-refractivity contribution is 5.83. The van der Waals surface area contributed by atoms with Crippen LogP contribution in [0.3, 0.4) is 0 Å². The Kier molecular flexibility index (Phi) is 10.7. The van der Waals surface area contributed by atoms with Crippen LogP contribution in [-0.2, 0) is 36.9 Å². The lowest BCUT2D eigenvalue weighted by Gasteiger charge is -2.44. The first-order chi connectivity index (χ1) is 24.7. The van der Waals surface area contributed by atoms with E-state index in [9.17, 15) is 31.5 Å². The molecule has 6 rings (SSSR count). The van der Waals surface area contributed by atoms with Gasteiger partial charge >= 0.3 is 6.18 Å². The zero-order chi connectivity index (χ0) is 37.2. The summed E-state index contributed by atoms with van der Waals surface area (Å²) < 4.78 is 69.8. The molecule has 1 fully saturated rings. The van der Waals surface area contributed by atoms with E-state index in [1.807, 2.05) is 33.7 Å². The third kappa shape index (κ3) is 8.28. The highest BCUT2D eigenvalue weighted by Gasteiger charge is 2.33. The molecule has 0 spiro atoms. The Morgan fingerprint density at radius 1 is 0.808 bits per heavy atom. The van der Waals surface area contributed by atoms with Gasteiger partial charge in [0, 0.05) is 48.4 Å². The predicted molar refractivity (Wildman–Crippen MR) is 194 cm³/mol. The van der Waals surface area contributed by atoms with Crippen molar-refractivity contribution in [1.82, 2.24) is 14.4 Å². The lowest BCUT2D eigenvalue weighted by Crippen LogP contribution is -2.52. The van der Waals surface area contributed by atoms with Gasteiger partial charge < -0.3 is 9.47 Å². The fourth-order valence-corrected chi connectivity index (χ4v) is 7.12. The number of rotatable bonds is 9. The number of alkyl halides is 3. The lowest BCUT2D eigenvalue weighted by molar-refractivity contribution is -0.138. The van der Waals surface area contributed by atoms with Crippen molar-refractivity contribution in [3.8, 4) is 11.1 Å². The molecule has 0 unspecified atom stereocenters. The molecular formula is C42H42F5N3O2. The van der Waals surface area contributed by atoms with E-state index in [-0.39, 0.29) is 47.9 Å². The van der Waals surface area contributed by atoms with Crippen molar-refractivity contribution in [2.24, 2.45) is 0 Å². The first kappa shape index (κ1) is 36.9. The average molecular weight is 716 g/mol. The second kappa shape index (κ2) is 15.0. The van der Waals surface area contributed by atoms with Gasteiger partial charge in [-0.2, -0.15) is 13.2 Å². The van der Waals surface area contributed by atoms with Crippen molar-refractivity contribution < 1.29 is 26.7 Å². The van der Waals surface area contributed by atoms with Crippen LogP contribution in [0.15, 0.2) is 102 Å². The molecule has 0 radical (unpaired) electrons. The average Bonchev–Trinajstić information content (AvgIpc) is 3.12. The predicted octanol–water partition coefficient (Wildman–Crippen LogP) is 9.04. The molecule has 4 aromatic carbocycles. The summed E-state index contributed by atoms with van der Waals surface area (Å²) in [5.41, 5.74) is 2.65. The number of aryl methyl sites for hydroxylation is 2. The fourth-order valence-electron chi connectivity index (χ4n) is 7.12. The highest BCUT2D eigenvalue weighted by atomic mass is 19.4. The van der Waals surface area contributed by atoms with Crippen LogP contribution < -0.4 is 5.43 Å². The van der Waals surface area contributed by atoms with Gasteiger partial charge in [-0.15, -0.1) is 0 Å². The molecule has 0 aliphatic carbocycles. The third-order valence-electron chi connectivity index (χ3n) is 10.1. The molecule has 1 aliphatic rings. The van der Waals surface area contributed by atoms with Crippen LogP contribution in [0.2, 0.25) is 0 Å². The zero-order valence-corrected chi connectivity index (χ0v) is 29.5. The molecule has 1 saturated heterocycles. The van der Waals surface area contributed by atoms with Gasteiger partial charge in [-0.05, 0) is 99.0 Å². The first-order valence-corrected chi connectivity index (χ1v) is 17.5. The number of halogens is 5. The summed E-state index contributed by atoms with van der Waals surface area (Å²) in [6.07, 6.45) is -2.53. The smallest absolute Gasteiger partial charge is 0.335 e. The number of para-hydroxylation sites is 1. The summed E-state index contributed by atoms with van der Waals surface area (Å²) >= 11 is 0. The van der Waals surface area contributed by atoms with Gasteiger partial charge in [0.1, 0.15) is 6.54 Å². The summed E-state index contributed by atoms with van der Waals surface area (Å²) in [4.78, 5) is 32.1. The van der Waals surface area contributed by atoms with Crippen molar-refractivity contribution in [2.45, 2.75) is 77.3 Å². The van der Waals surface area contributed by atoms with E-state index >= 15 is 0 Å². The molecular weight excluding hydrogens is 673 g/mol. The minimum absolute atomic E-state index is 0.0151. The Bertz CT molecular complexity index is 2090. The number of hydrogen-bond donors (Lipinski definition) is 0. The molecule has 272 valence electrons. The Morgan fingerprint density at radius 3 is 2.08 bits per heavy atom. The van der Waals surface area contributed by atoms with Crippen LogP contribution in [0.25, 0.3) is 22.0 Å². The van der Waals surface area contributed by atoms with Crippen LogP contribution in [0, 0.1) is 11.6 Å². The van der Waals surface area contributed by atoms with E-state index in [0.29, 0.717) is 28.7 Å². The van der Waals surface area contributed by atoms with Crippen LogP contribution in [0.4, 0.5) is 22.0 Å². The largest absolute Gasteiger partial charge is 0.416 e. The molecule has 0 saturated carbocycles. The van der Waals surface area contributed by atoms with Crippen molar-refractivity contribution in [3.05, 3.63) is 141 Å². The van der Waals surface area contributed by atoms with Crippen LogP contribution in [0.5, 0.6) is 0 Å². The summed E-state index contributed by atoms with van der Waals surface area (Å²) in [6, 6.07) is 25.0. The number of benzene rings is 4. The Morgan fingerprint density at radius 2 is 1.44 bits per heavy atom. The second-order valence-electron chi connectivity index (χ2n) is 14.5. The van der Waals surface area contributed by atoms with Gasteiger partial charge in [-0.3, -0.25) is 14.5 Å². The van der Waals surface area contributed by atoms with Crippen molar-refractivity contribution in [2.75, 3.05) is 13.1 Å². The maximum absolute atomic E-state index is 14.6. The Labute approximate surface area is 300 Å². The minimum Gasteiger partial charge on any atom is -0.335 e. The zero-order valence-electron chi connectivity index (χ0n) is 29.5. The molecule has 10 heteroatoms. The number of fused-ring (bicyclic) bond motifs is 1. The van der Waals surface area contributed by atoms with Gasteiger partial charge in [-0.1, -0.05) is 60.7 Å². The van der Waals surface area contributed by atoms with Crippen LogP contribution >= 0.6 is 0 Å². The van der Waals surface area contributed by atoms with E-state index in [1.165, 1.54) is 30.3 Å². The molecule has 1 aromatic heterocycles. The van der Waals surface area contributed by atoms with E-state index in [4.69, 9.17) is 0 Å². The Hall–Kier alpha value is -4.83. The van der Waals surface area contributed by atoms with E-state index in [1.54, 1.807) is 24.3 Å². The number of pyridine rings is 1. The summed E-state index contributed by atoms with van der Waals surface area (Å²) in [7, 11) is 0. The van der Waals surface area contributed by atoms with E-state index in [2.05, 4.69) is 25.7 Å². The highest BCUT2D eigenvalue weighted by Crippen LogP contribution is 2.32. The minimum atomic E-state index is -4.41. The normalized spacial score (nSPS) is 14.5. The number of amides is 1. The molecule has 1 amide bonds. The number of nitrogens with zero attached hydrogens (tertiary/aromatic N) is 3. The third-order valence-corrected chi connectivity index (χ3v) is 10.1. The van der Waals surface area contributed by atoms with Crippen LogP contribution in [0.1, 0.15) is 56.0 Å². The maximum Gasteiger partial charge on any atom is 0.416 e. The molecule has 2 heterocycles. The second-order valence-corrected chi connectivity index (χ2v) is 14.5. The number of piperidine rings is 1. The number of aromatic nitrogens is 1. The summed E-state index contributed by atoms with van der Waals surface area (Å²) in [5, 5.41) is 0.458.